The average molecular weight is 500 g/mol. The van der Waals surface area contributed by atoms with Crippen LogP contribution in [-0.2, 0) is 4.79 Å². The Labute approximate surface area is 208 Å². The minimum absolute atomic E-state index is 0.169. The molecule has 10 heteroatoms. The van der Waals surface area contributed by atoms with Crippen LogP contribution in [0.2, 0.25) is 5.02 Å². The first-order valence-corrected chi connectivity index (χ1v) is 12.2. The summed E-state index contributed by atoms with van der Waals surface area (Å²) in [7, 11) is 3.23. The third kappa shape index (κ3) is 6.03. The summed E-state index contributed by atoms with van der Waals surface area (Å²) in [5, 5.41) is 3.91. The van der Waals surface area contributed by atoms with Crippen LogP contribution in [0.3, 0.4) is 0 Å². The van der Waals surface area contributed by atoms with Crippen molar-refractivity contribution < 1.29 is 14.3 Å². The van der Waals surface area contributed by atoms with E-state index in [1.165, 1.54) is 11.8 Å². The fraction of sp³-hybridized carbons (Fsp3) is 0.292. The van der Waals surface area contributed by atoms with E-state index in [2.05, 4.69) is 37.2 Å². The number of hydrogen-bond acceptors (Lipinski definition) is 8. The second kappa shape index (κ2) is 11.3. The van der Waals surface area contributed by atoms with E-state index in [0.717, 1.165) is 43.4 Å². The lowest BCUT2D eigenvalue weighted by molar-refractivity contribution is -0.113. The van der Waals surface area contributed by atoms with E-state index in [-0.39, 0.29) is 11.7 Å². The second-order valence-electron chi connectivity index (χ2n) is 7.55. The van der Waals surface area contributed by atoms with Gasteiger partial charge in [-0.25, -0.2) is 9.97 Å². The molecule has 1 N–H and O–H groups in total. The van der Waals surface area contributed by atoms with Crippen molar-refractivity contribution in [1.29, 1.82) is 0 Å². The number of piperazine rings is 1. The van der Waals surface area contributed by atoms with E-state index in [9.17, 15) is 4.79 Å². The summed E-state index contributed by atoms with van der Waals surface area (Å²) in [6.07, 6.45) is 1.73. The first kappa shape index (κ1) is 24.0. The number of aromatic nitrogens is 2. The summed E-state index contributed by atoms with van der Waals surface area (Å²) in [6.45, 7) is 3.44. The Hall–Kier alpha value is -3.17. The number of nitrogens with one attached hydrogen (secondary N) is 1. The predicted molar refractivity (Wildman–Crippen MR) is 137 cm³/mol. The van der Waals surface area contributed by atoms with Crippen LogP contribution < -0.4 is 24.6 Å². The Morgan fingerprint density at radius 1 is 1.06 bits per heavy atom. The Balaban J connectivity index is 1.32. The van der Waals surface area contributed by atoms with Crippen LogP contribution in [0.4, 0.5) is 17.2 Å². The summed E-state index contributed by atoms with van der Waals surface area (Å²) in [4.78, 5) is 26.0. The average Bonchev–Trinajstić information content (AvgIpc) is 2.88. The molecule has 0 aliphatic carbocycles. The molecule has 1 aliphatic heterocycles. The van der Waals surface area contributed by atoms with Crippen LogP contribution in [0.25, 0.3) is 0 Å². The maximum absolute atomic E-state index is 12.5. The Kier molecular flexibility index (Phi) is 7.97. The van der Waals surface area contributed by atoms with E-state index in [1.807, 2.05) is 18.2 Å². The van der Waals surface area contributed by atoms with Gasteiger partial charge in [-0.2, -0.15) is 0 Å². The lowest BCUT2D eigenvalue weighted by Crippen LogP contribution is -2.46. The van der Waals surface area contributed by atoms with Crippen LogP contribution in [0.1, 0.15) is 0 Å². The zero-order valence-electron chi connectivity index (χ0n) is 19.0. The van der Waals surface area contributed by atoms with E-state index < -0.39 is 0 Å². The molecule has 0 saturated carbocycles. The molecule has 0 atom stereocenters. The predicted octanol–water partition coefficient (Wildman–Crippen LogP) is 4.20. The maximum atomic E-state index is 12.5. The summed E-state index contributed by atoms with van der Waals surface area (Å²) in [5.74, 6) is 2.25. The smallest absolute Gasteiger partial charge is 0.234 e. The van der Waals surface area contributed by atoms with Gasteiger partial charge in [-0.15, -0.1) is 0 Å². The van der Waals surface area contributed by atoms with Crippen molar-refractivity contribution in [1.82, 2.24) is 9.97 Å². The van der Waals surface area contributed by atoms with Gasteiger partial charge in [0, 0.05) is 49.2 Å². The molecule has 2 aromatic carbocycles. The number of amides is 1. The summed E-state index contributed by atoms with van der Waals surface area (Å²) < 4.78 is 10.6. The number of nitrogens with zero attached hydrogens (tertiary/aromatic N) is 4. The molecule has 34 heavy (non-hydrogen) atoms. The number of carbonyl (C=O) groups is 1. The molecular weight excluding hydrogens is 474 g/mol. The number of ether oxygens (including phenoxy) is 2. The first-order valence-electron chi connectivity index (χ1n) is 10.8. The van der Waals surface area contributed by atoms with Crippen molar-refractivity contribution in [3.63, 3.8) is 0 Å². The highest BCUT2D eigenvalue weighted by Gasteiger charge is 2.19. The second-order valence-corrected chi connectivity index (χ2v) is 8.93. The van der Waals surface area contributed by atoms with Gasteiger partial charge in [-0.1, -0.05) is 29.4 Å². The van der Waals surface area contributed by atoms with Crippen molar-refractivity contribution in [3.8, 4) is 11.5 Å². The van der Waals surface area contributed by atoms with Gasteiger partial charge in [0.15, 0.2) is 5.16 Å². The number of carbonyl (C=O) groups excluding carboxylic acids is 1. The number of hydrogen-bond donors (Lipinski definition) is 1. The molecule has 0 spiro atoms. The fourth-order valence-electron chi connectivity index (χ4n) is 3.67. The van der Waals surface area contributed by atoms with Gasteiger partial charge in [0.1, 0.15) is 17.3 Å². The number of anilines is 3. The van der Waals surface area contributed by atoms with E-state index in [4.69, 9.17) is 21.1 Å². The molecule has 4 rings (SSSR count). The summed E-state index contributed by atoms with van der Waals surface area (Å²) in [6, 6.07) is 15.1. The van der Waals surface area contributed by atoms with Crippen LogP contribution in [0, 0.1) is 0 Å². The van der Waals surface area contributed by atoms with Crippen LogP contribution in [0.5, 0.6) is 11.5 Å². The van der Waals surface area contributed by atoms with Crippen molar-refractivity contribution in [2.75, 3.05) is 61.3 Å². The number of thioether (sulfide) groups is 1. The van der Waals surface area contributed by atoms with Gasteiger partial charge in [0.05, 0.1) is 25.7 Å². The molecular formula is C24H26ClN5O3S. The minimum atomic E-state index is -0.188. The molecule has 8 nitrogen and oxygen atoms in total. The monoisotopic (exact) mass is 499 g/mol. The van der Waals surface area contributed by atoms with Crippen molar-refractivity contribution in [2.45, 2.75) is 5.16 Å². The quantitative estimate of drug-likeness (QED) is 0.365. The zero-order chi connectivity index (χ0) is 23.9. The Morgan fingerprint density at radius 3 is 2.62 bits per heavy atom. The molecule has 2 heterocycles. The minimum Gasteiger partial charge on any atom is -0.497 e. The summed E-state index contributed by atoms with van der Waals surface area (Å²) in [5.41, 5.74) is 1.68. The summed E-state index contributed by atoms with van der Waals surface area (Å²) >= 11 is 7.32. The molecule has 0 radical (unpaired) electrons. The Morgan fingerprint density at radius 2 is 1.85 bits per heavy atom. The van der Waals surface area contributed by atoms with Crippen LogP contribution >= 0.6 is 23.4 Å². The van der Waals surface area contributed by atoms with Crippen LogP contribution in [0.15, 0.2) is 59.9 Å². The number of methoxy groups -OCH3 is 2. The molecule has 1 saturated heterocycles. The highest BCUT2D eigenvalue weighted by molar-refractivity contribution is 7.99. The lowest BCUT2D eigenvalue weighted by Gasteiger charge is -2.36. The topological polar surface area (TPSA) is 79.8 Å². The van der Waals surface area contributed by atoms with Crippen LogP contribution in [-0.4, -0.2) is 62.0 Å². The largest absolute Gasteiger partial charge is 0.497 e. The number of halogens is 1. The molecule has 178 valence electrons. The van der Waals surface area contributed by atoms with Crippen molar-refractivity contribution in [2.24, 2.45) is 0 Å². The van der Waals surface area contributed by atoms with Gasteiger partial charge >= 0.3 is 0 Å². The first-order chi connectivity index (χ1) is 16.6. The van der Waals surface area contributed by atoms with E-state index >= 15 is 0 Å². The van der Waals surface area contributed by atoms with Crippen molar-refractivity contribution in [3.05, 3.63) is 59.8 Å². The van der Waals surface area contributed by atoms with E-state index in [0.29, 0.717) is 21.6 Å². The SMILES string of the molecule is COc1cccc(N2CCN(c3ccnc(SCC(=O)Nc4cc(Cl)ccc4OC)n3)CC2)c1. The third-order valence-corrected chi connectivity index (χ3v) is 6.51. The highest BCUT2D eigenvalue weighted by Crippen LogP contribution is 2.28. The normalized spacial score (nSPS) is 13.5. The number of benzene rings is 2. The number of rotatable bonds is 8. The van der Waals surface area contributed by atoms with Gasteiger partial charge < -0.3 is 24.6 Å². The third-order valence-electron chi connectivity index (χ3n) is 5.41. The fourth-order valence-corrected chi connectivity index (χ4v) is 4.47. The molecule has 1 fully saturated rings. The standard InChI is InChI=1S/C24H26ClN5O3S/c1-32-19-5-3-4-18(15-19)29-10-12-30(13-11-29)22-8-9-26-24(28-22)34-16-23(31)27-20-14-17(25)6-7-21(20)33-2/h3-9,14-15H,10-13,16H2,1-2H3,(H,27,31). The van der Waals surface area contributed by atoms with Gasteiger partial charge in [0.2, 0.25) is 5.91 Å². The molecule has 3 aromatic rings. The Bertz CT molecular complexity index is 1140. The highest BCUT2D eigenvalue weighted by atomic mass is 35.5. The lowest BCUT2D eigenvalue weighted by atomic mass is 10.2. The van der Waals surface area contributed by atoms with E-state index in [1.54, 1.807) is 38.6 Å². The van der Waals surface area contributed by atoms with Gasteiger partial charge in [-0.05, 0) is 36.4 Å². The maximum Gasteiger partial charge on any atom is 0.234 e. The molecule has 1 aliphatic rings. The van der Waals surface area contributed by atoms with Crippen molar-refractivity contribution >= 4 is 46.5 Å². The molecule has 0 unspecified atom stereocenters. The van der Waals surface area contributed by atoms with Gasteiger partial charge in [0.25, 0.3) is 0 Å². The molecule has 1 amide bonds. The van der Waals surface area contributed by atoms with Gasteiger partial charge in [-0.3, -0.25) is 4.79 Å². The molecule has 0 bridgehead atoms. The zero-order valence-corrected chi connectivity index (χ0v) is 20.6. The molecule has 1 aromatic heterocycles.